The zero-order valence-corrected chi connectivity index (χ0v) is 9.49. The van der Waals surface area contributed by atoms with Crippen LogP contribution in [0.15, 0.2) is 30.3 Å². The van der Waals surface area contributed by atoms with Crippen molar-refractivity contribution in [3.05, 3.63) is 35.9 Å². The van der Waals surface area contributed by atoms with Crippen LogP contribution in [0.4, 0.5) is 0 Å². The molecule has 0 radical (unpaired) electrons. The Morgan fingerprint density at radius 3 is 2.65 bits per heavy atom. The normalized spacial score (nSPS) is 37.5. The van der Waals surface area contributed by atoms with Crippen molar-refractivity contribution in [2.75, 3.05) is 13.2 Å². The molecular weight excluding hydrogens is 220 g/mol. The summed E-state index contributed by atoms with van der Waals surface area (Å²) in [6, 6.07) is 9.83. The molecule has 2 aliphatic heterocycles. The van der Waals surface area contributed by atoms with E-state index in [0.29, 0.717) is 19.6 Å². The predicted molar refractivity (Wildman–Crippen MR) is 60.4 cm³/mol. The first kappa shape index (κ1) is 11.2. The highest BCUT2D eigenvalue weighted by molar-refractivity contribution is 5.16. The molecule has 1 N–H and O–H groups in total. The van der Waals surface area contributed by atoms with Gasteiger partial charge in [-0.1, -0.05) is 30.3 Å². The Morgan fingerprint density at radius 1 is 1.00 bits per heavy atom. The van der Waals surface area contributed by atoms with Crippen LogP contribution >= 0.6 is 0 Å². The minimum atomic E-state index is -0.425. The van der Waals surface area contributed by atoms with E-state index in [4.69, 9.17) is 14.2 Å². The highest BCUT2D eigenvalue weighted by Gasteiger charge is 2.37. The molecule has 1 aromatic rings. The quantitative estimate of drug-likeness (QED) is 0.797. The molecule has 4 heteroatoms. The molecule has 17 heavy (non-hydrogen) atoms. The number of rotatable bonds is 1. The monoisotopic (exact) mass is 236 g/mol. The van der Waals surface area contributed by atoms with Crippen LogP contribution in [0.1, 0.15) is 18.3 Å². The largest absolute Gasteiger partial charge is 0.391 e. The summed E-state index contributed by atoms with van der Waals surface area (Å²) < 4.78 is 17.0. The van der Waals surface area contributed by atoms with Gasteiger partial charge in [-0.3, -0.25) is 0 Å². The van der Waals surface area contributed by atoms with Crippen LogP contribution in [0.2, 0.25) is 0 Å². The van der Waals surface area contributed by atoms with Crippen LogP contribution < -0.4 is 0 Å². The minimum absolute atomic E-state index is 0.0432. The van der Waals surface area contributed by atoms with Gasteiger partial charge in [-0.2, -0.15) is 0 Å². The van der Waals surface area contributed by atoms with E-state index in [2.05, 4.69) is 0 Å². The summed E-state index contributed by atoms with van der Waals surface area (Å²) in [7, 11) is 0. The highest BCUT2D eigenvalue weighted by atomic mass is 16.7. The third-order valence-corrected chi connectivity index (χ3v) is 3.20. The van der Waals surface area contributed by atoms with Crippen LogP contribution in [0.5, 0.6) is 0 Å². The number of hydrogen-bond acceptors (Lipinski definition) is 4. The maximum Gasteiger partial charge on any atom is 0.184 e. The van der Waals surface area contributed by atoms with E-state index in [0.717, 1.165) is 5.56 Å². The molecule has 3 rings (SSSR count). The van der Waals surface area contributed by atoms with E-state index in [-0.39, 0.29) is 18.5 Å². The Balaban J connectivity index is 1.70. The maximum absolute atomic E-state index is 9.56. The number of benzene rings is 1. The topological polar surface area (TPSA) is 47.9 Å². The Morgan fingerprint density at radius 2 is 1.82 bits per heavy atom. The van der Waals surface area contributed by atoms with Gasteiger partial charge in [-0.25, -0.2) is 0 Å². The van der Waals surface area contributed by atoms with E-state index in [1.165, 1.54) is 0 Å². The SMILES string of the molecule is O[C@H]1CO[C@@H]2COC(c3ccccc3)O[C@@H]2C1. The molecule has 92 valence electrons. The standard InChI is InChI=1S/C13H16O4/c14-10-6-11-12(15-7-10)8-16-13(17-11)9-4-2-1-3-5-9/h1-5,10-14H,6-8H2/t10-,11-,12-,13?/m1/s1. The average molecular weight is 236 g/mol. The van der Waals surface area contributed by atoms with Crippen molar-refractivity contribution < 1.29 is 19.3 Å². The average Bonchev–Trinajstić information content (AvgIpc) is 2.39. The van der Waals surface area contributed by atoms with Gasteiger partial charge in [0.25, 0.3) is 0 Å². The van der Waals surface area contributed by atoms with Gasteiger partial charge in [0.15, 0.2) is 6.29 Å². The molecular formula is C13H16O4. The Labute approximate surface area is 100 Å². The molecule has 1 unspecified atom stereocenters. The van der Waals surface area contributed by atoms with Gasteiger partial charge in [-0.05, 0) is 0 Å². The van der Waals surface area contributed by atoms with Crippen LogP contribution in [-0.4, -0.2) is 36.6 Å². The van der Waals surface area contributed by atoms with Crippen molar-refractivity contribution in [3.63, 3.8) is 0 Å². The number of fused-ring (bicyclic) bond motifs is 1. The number of aliphatic hydroxyl groups excluding tert-OH is 1. The lowest BCUT2D eigenvalue weighted by Crippen LogP contribution is -2.49. The fraction of sp³-hybridized carbons (Fsp3) is 0.538. The smallest absolute Gasteiger partial charge is 0.184 e. The lowest BCUT2D eigenvalue weighted by Gasteiger charge is -2.40. The van der Waals surface area contributed by atoms with Crippen molar-refractivity contribution in [3.8, 4) is 0 Å². The van der Waals surface area contributed by atoms with Crippen molar-refractivity contribution in [1.82, 2.24) is 0 Å². The van der Waals surface area contributed by atoms with Gasteiger partial charge in [0, 0.05) is 12.0 Å². The van der Waals surface area contributed by atoms with Gasteiger partial charge in [0.1, 0.15) is 6.10 Å². The molecule has 4 atom stereocenters. The van der Waals surface area contributed by atoms with Crippen molar-refractivity contribution in [2.24, 2.45) is 0 Å². The Kier molecular flexibility index (Phi) is 3.11. The molecule has 2 aliphatic rings. The maximum atomic E-state index is 9.56. The fourth-order valence-corrected chi connectivity index (χ4v) is 2.29. The molecule has 2 fully saturated rings. The molecule has 0 saturated carbocycles. The molecule has 2 saturated heterocycles. The van der Waals surface area contributed by atoms with Gasteiger partial charge < -0.3 is 19.3 Å². The van der Waals surface area contributed by atoms with Gasteiger partial charge >= 0.3 is 0 Å². The third kappa shape index (κ3) is 2.35. The van der Waals surface area contributed by atoms with Crippen LogP contribution in [0.3, 0.4) is 0 Å². The summed E-state index contributed by atoms with van der Waals surface area (Å²) in [4.78, 5) is 0. The summed E-state index contributed by atoms with van der Waals surface area (Å²) in [5.74, 6) is 0. The van der Waals surface area contributed by atoms with Crippen molar-refractivity contribution in [2.45, 2.75) is 31.0 Å². The molecule has 0 amide bonds. The second-order valence-corrected chi connectivity index (χ2v) is 4.51. The first-order valence-electron chi connectivity index (χ1n) is 5.94. The van der Waals surface area contributed by atoms with Gasteiger partial charge in [0.05, 0.1) is 25.4 Å². The second-order valence-electron chi connectivity index (χ2n) is 4.51. The molecule has 4 nitrogen and oxygen atoms in total. The fourth-order valence-electron chi connectivity index (χ4n) is 2.29. The summed E-state index contributed by atoms with van der Waals surface area (Å²) in [6.45, 7) is 0.904. The van der Waals surface area contributed by atoms with E-state index >= 15 is 0 Å². The first-order chi connectivity index (χ1) is 8.33. The summed E-state index contributed by atoms with van der Waals surface area (Å²) in [5.41, 5.74) is 1.01. The molecule has 0 bridgehead atoms. The van der Waals surface area contributed by atoms with Gasteiger partial charge in [-0.15, -0.1) is 0 Å². The molecule has 0 aliphatic carbocycles. The third-order valence-electron chi connectivity index (χ3n) is 3.20. The zero-order chi connectivity index (χ0) is 11.7. The molecule has 2 heterocycles. The second kappa shape index (κ2) is 4.74. The van der Waals surface area contributed by atoms with Crippen LogP contribution in [0.25, 0.3) is 0 Å². The van der Waals surface area contributed by atoms with E-state index in [9.17, 15) is 5.11 Å². The van der Waals surface area contributed by atoms with E-state index in [1.807, 2.05) is 30.3 Å². The Bertz CT molecular complexity index is 367. The predicted octanol–water partition coefficient (Wildman–Crippen LogP) is 1.25. The summed E-state index contributed by atoms with van der Waals surface area (Å²) in [5, 5.41) is 9.56. The van der Waals surface area contributed by atoms with Crippen LogP contribution in [0, 0.1) is 0 Å². The summed E-state index contributed by atoms with van der Waals surface area (Å²) >= 11 is 0. The van der Waals surface area contributed by atoms with Crippen LogP contribution in [-0.2, 0) is 14.2 Å². The van der Waals surface area contributed by atoms with E-state index < -0.39 is 6.10 Å². The van der Waals surface area contributed by atoms with E-state index in [1.54, 1.807) is 0 Å². The Hall–Kier alpha value is -0.940. The van der Waals surface area contributed by atoms with Crippen molar-refractivity contribution >= 4 is 0 Å². The lowest BCUT2D eigenvalue weighted by atomic mass is 10.0. The number of hydrogen-bond donors (Lipinski definition) is 1. The molecule has 0 aromatic heterocycles. The minimum Gasteiger partial charge on any atom is -0.391 e. The lowest BCUT2D eigenvalue weighted by molar-refractivity contribution is -0.288. The van der Waals surface area contributed by atoms with Gasteiger partial charge in [0.2, 0.25) is 0 Å². The molecule has 1 aromatic carbocycles. The zero-order valence-electron chi connectivity index (χ0n) is 9.49. The highest BCUT2D eigenvalue weighted by Crippen LogP contribution is 2.31. The van der Waals surface area contributed by atoms with Crippen molar-refractivity contribution in [1.29, 1.82) is 0 Å². The number of ether oxygens (including phenoxy) is 3. The molecule has 0 spiro atoms. The first-order valence-corrected chi connectivity index (χ1v) is 5.94. The number of aliphatic hydroxyl groups is 1. The summed E-state index contributed by atoms with van der Waals surface area (Å²) in [6.07, 6.45) is -0.259.